The molecule has 2 heterocycles. The minimum absolute atomic E-state index is 0.150. The van der Waals surface area contributed by atoms with Crippen LogP contribution in [-0.2, 0) is 16.0 Å². The summed E-state index contributed by atoms with van der Waals surface area (Å²) in [7, 11) is 0. The molecule has 8 heteroatoms. The van der Waals surface area contributed by atoms with Gasteiger partial charge < -0.3 is 19.5 Å². The summed E-state index contributed by atoms with van der Waals surface area (Å²) in [6.07, 6.45) is 0.286. The Hall–Kier alpha value is -3.68. The highest BCUT2D eigenvalue weighted by atomic mass is 16.4. The first-order chi connectivity index (χ1) is 13.0. The maximum atomic E-state index is 11.2. The summed E-state index contributed by atoms with van der Waals surface area (Å²) < 4.78 is 11.4. The van der Waals surface area contributed by atoms with Crippen LogP contribution in [0.2, 0.25) is 0 Å². The second kappa shape index (κ2) is 6.56. The van der Waals surface area contributed by atoms with E-state index in [1.807, 2.05) is 0 Å². The van der Waals surface area contributed by atoms with Crippen molar-refractivity contribution in [3.63, 3.8) is 0 Å². The molecule has 4 aromatic rings. The number of hydrogen-bond acceptors (Lipinski definition) is 6. The Morgan fingerprint density at radius 3 is 1.67 bits per heavy atom. The lowest BCUT2D eigenvalue weighted by atomic mass is 10.3. The monoisotopic (exact) mass is 364 g/mol. The molecule has 27 heavy (non-hydrogen) atoms. The number of carbonyl (C=O) groups excluding carboxylic acids is 2. The number of oxazole rings is 2. The minimum atomic E-state index is -0.150. The van der Waals surface area contributed by atoms with E-state index >= 15 is 0 Å². The van der Waals surface area contributed by atoms with Gasteiger partial charge in [0.25, 0.3) is 0 Å². The van der Waals surface area contributed by atoms with E-state index in [4.69, 9.17) is 8.83 Å². The molecular formula is C19H16N4O4. The second-order valence-corrected chi connectivity index (χ2v) is 6.12. The van der Waals surface area contributed by atoms with Gasteiger partial charge in [-0.2, -0.15) is 0 Å². The van der Waals surface area contributed by atoms with Crippen LogP contribution in [0.4, 0.5) is 11.4 Å². The Labute approximate surface area is 153 Å². The predicted molar refractivity (Wildman–Crippen MR) is 99.4 cm³/mol. The summed E-state index contributed by atoms with van der Waals surface area (Å²) in [4.78, 5) is 31.2. The van der Waals surface area contributed by atoms with Gasteiger partial charge in [-0.05, 0) is 36.4 Å². The molecule has 0 aliphatic rings. The standard InChI is InChI=1S/C19H16N4O4/c1-10(24)20-12-3-5-16-14(7-12)22-18(26-16)9-19-23-15-8-13(21-11(2)25)4-6-17(15)27-19/h3-8H,9H2,1-2H3,(H,20,24)(H,21,25). The van der Waals surface area contributed by atoms with Gasteiger partial charge in [-0.25, -0.2) is 9.97 Å². The molecule has 0 saturated heterocycles. The SMILES string of the molecule is CC(=O)Nc1ccc2oc(Cc3nc4cc(NC(C)=O)ccc4o3)nc2c1. The smallest absolute Gasteiger partial charge is 0.221 e. The van der Waals surface area contributed by atoms with E-state index in [0.717, 1.165) is 0 Å². The highest BCUT2D eigenvalue weighted by Gasteiger charge is 2.13. The molecule has 0 aliphatic heterocycles. The summed E-state index contributed by atoms with van der Waals surface area (Å²) in [6.45, 7) is 2.89. The van der Waals surface area contributed by atoms with Gasteiger partial charge in [0, 0.05) is 25.2 Å². The maximum Gasteiger partial charge on any atom is 0.221 e. The van der Waals surface area contributed by atoms with Gasteiger partial charge in [-0.1, -0.05) is 0 Å². The average Bonchev–Trinajstić information content (AvgIpc) is 3.15. The summed E-state index contributed by atoms with van der Waals surface area (Å²) in [6, 6.07) is 10.5. The molecule has 2 amide bonds. The van der Waals surface area contributed by atoms with Crippen LogP contribution >= 0.6 is 0 Å². The summed E-state index contributed by atoms with van der Waals surface area (Å²) in [5.74, 6) is 0.614. The number of rotatable bonds is 4. The minimum Gasteiger partial charge on any atom is -0.440 e. The number of aromatic nitrogens is 2. The van der Waals surface area contributed by atoms with E-state index in [1.165, 1.54) is 13.8 Å². The zero-order valence-electron chi connectivity index (χ0n) is 14.7. The van der Waals surface area contributed by atoms with Crippen molar-refractivity contribution < 1.29 is 18.4 Å². The lowest BCUT2D eigenvalue weighted by Gasteiger charge is -1.99. The van der Waals surface area contributed by atoms with Crippen molar-refractivity contribution in [3.8, 4) is 0 Å². The third-order valence-electron chi connectivity index (χ3n) is 3.81. The highest BCUT2D eigenvalue weighted by Crippen LogP contribution is 2.24. The Morgan fingerprint density at radius 1 is 0.815 bits per heavy atom. The molecule has 0 aliphatic carbocycles. The van der Waals surface area contributed by atoms with E-state index in [2.05, 4.69) is 20.6 Å². The van der Waals surface area contributed by atoms with Crippen LogP contribution in [-0.4, -0.2) is 21.8 Å². The normalized spacial score (nSPS) is 11.0. The molecule has 4 rings (SSSR count). The summed E-state index contributed by atoms with van der Waals surface area (Å²) in [5, 5.41) is 5.42. The number of hydrogen-bond donors (Lipinski definition) is 2. The Morgan fingerprint density at radius 2 is 1.26 bits per heavy atom. The van der Waals surface area contributed by atoms with Gasteiger partial charge in [-0.15, -0.1) is 0 Å². The van der Waals surface area contributed by atoms with Crippen molar-refractivity contribution in [2.24, 2.45) is 0 Å². The summed E-state index contributed by atoms with van der Waals surface area (Å²) >= 11 is 0. The largest absolute Gasteiger partial charge is 0.440 e. The Balaban J connectivity index is 1.59. The Bertz CT molecular complexity index is 1080. The van der Waals surface area contributed by atoms with Crippen LogP contribution < -0.4 is 10.6 Å². The van der Waals surface area contributed by atoms with Crippen LogP contribution in [0, 0.1) is 0 Å². The van der Waals surface area contributed by atoms with Gasteiger partial charge in [0.05, 0.1) is 0 Å². The van der Waals surface area contributed by atoms with Crippen LogP contribution in [0.3, 0.4) is 0 Å². The van der Waals surface area contributed by atoms with E-state index in [1.54, 1.807) is 36.4 Å². The highest BCUT2D eigenvalue weighted by molar-refractivity contribution is 5.91. The van der Waals surface area contributed by atoms with E-state index < -0.39 is 0 Å². The van der Waals surface area contributed by atoms with Crippen molar-refractivity contribution in [3.05, 3.63) is 48.2 Å². The lowest BCUT2D eigenvalue weighted by Crippen LogP contribution is -2.05. The van der Waals surface area contributed by atoms with Crippen molar-refractivity contribution in [1.29, 1.82) is 0 Å². The van der Waals surface area contributed by atoms with E-state index in [-0.39, 0.29) is 18.2 Å². The number of amides is 2. The molecule has 2 aromatic heterocycles. The molecule has 136 valence electrons. The molecule has 0 spiro atoms. The molecule has 8 nitrogen and oxygen atoms in total. The molecule has 2 aromatic carbocycles. The van der Waals surface area contributed by atoms with Crippen molar-refractivity contribution >= 4 is 45.4 Å². The third kappa shape index (κ3) is 3.64. The molecule has 0 saturated carbocycles. The molecule has 2 N–H and O–H groups in total. The molecule has 0 unspecified atom stereocenters. The van der Waals surface area contributed by atoms with Gasteiger partial charge in [0.2, 0.25) is 23.6 Å². The van der Waals surface area contributed by atoms with Crippen molar-refractivity contribution in [2.45, 2.75) is 20.3 Å². The first-order valence-electron chi connectivity index (χ1n) is 8.30. The van der Waals surface area contributed by atoms with Crippen LogP contribution in [0.5, 0.6) is 0 Å². The zero-order chi connectivity index (χ0) is 19.0. The molecule has 0 radical (unpaired) electrons. The fraction of sp³-hybridized carbons (Fsp3) is 0.158. The lowest BCUT2D eigenvalue weighted by molar-refractivity contribution is -0.115. The quantitative estimate of drug-likeness (QED) is 0.574. The number of carbonyl (C=O) groups is 2. The number of benzene rings is 2. The number of anilines is 2. The van der Waals surface area contributed by atoms with Gasteiger partial charge >= 0.3 is 0 Å². The van der Waals surface area contributed by atoms with Gasteiger partial charge in [0.1, 0.15) is 17.5 Å². The Kier molecular flexibility index (Phi) is 4.08. The average molecular weight is 364 g/mol. The predicted octanol–water partition coefficient (Wildman–Crippen LogP) is 3.48. The van der Waals surface area contributed by atoms with Crippen molar-refractivity contribution in [1.82, 2.24) is 9.97 Å². The molecular weight excluding hydrogens is 348 g/mol. The zero-order valence-corrected chi connectivity index (χ0v) is 14.7. The second-order valence-electron chi connectivity index (χ2n) is 6.12. The van der Waals surface area contributed by atoms with Crippen LogP contribution in [0.15, 0.2) is 45.2 Å². The number of nitrogens with zero attached hydrogens (tertiary/aromatic N) is 2. The van der Waals surface area contributed by atoms with Crippen molar-refractivity contribution in [2.75, 3.05) is 10.6 Å². The molecule has 0 bridgehead atoms. The number of nitrogens with one attached hydrogen (secondary N) is 2. The third-order valence-corrected chi connectivity index (χ3v) is 3.81. The summed E-state index contributed by atoms with van der Waals surface area (Å²) in [5.41, 5.74) is 3.82. The van der Waals surface area contributed by atoms with Crippen LogP contribution in [0.25, 0.3) is 22.2 Å². The maximum absolute atomic E-state index is 11.2. The topological polar surface area (TPSA) is 110 Å². The van der Waals surface area contributed by atoms with Gasteiger partial charge in [-0.3, -0.25) is 9.59 Å². The fourth-order valence-electron chi connectivity index (χ4n) is 2.79. The fourth-order valence-corrected chi connectivity index (χ4v) is 2.79. The van der Waals surface area contributed by atoms with E-state index in [9.17, 15) is 9.59 Å². The first-order valence-corrected chi connectivity index (χ1v) is 8.30. The first kappa shape index (κ1) is 16.8. The van der Waals surface area contributed by atoms with E-state index in [0.29, 0.717) is 45.4 Å². The molecule has 0 atom stereocenters. The number of fused-ring (bicyclic) bond motifs is 2. The van der Waals surface area contributed by atoms with Gasteiger partial charge in [0.15, 0.2) is 11.2 Å². The molecule has 0 fully saturated rings. The van der Waals surface area contributed by atoms with Crippen LogP contribution in [0.1, 0.15) is 25.6 Å².